The van der Waals surface area contributed by atoms with Gasteiger partial charge in [-0.2, -0.15) is 8.42 Å². The topological polar surface area (TPSA) is 63.6 Å². The summed E-state index contributed by atoms with van der Waals surface area (Å²) in [5.41, 5.74) is 2.46. The van der Waals surface area contributed by atoms with Crippen molar-refractivity contribution >= 4 is 10.1 Å². The van der Waals surface area contributed by atoms with Gasteiger partial charge in [-0.15, -0.1) is 0 Å². The molecule has 0 radical (unpaired) electrons. The maximum Gasteiger partial charge on any atom is 0.296 e. The van der Waals surface area contributed by atoms with E-state index in [1.54, 1.807) is 29.8 Å². The van der Waals surface area contributed by atoms with Crippen LogP contribution in [-0.2, 0) is 14.3 Å². The summed E-state index contributed by atoms with van der Waals surface area (Å²) >= 11 is 0. The molecular weight excluding hydrogens is 552 g/mol. The Balaban J connectivity index is 1.17. The van der Waals surface area contributed by atoms with Crippen LogP contribution in [0.25, 0.3) is 0 Å². The van der Waals surface area contributed by atoms with Gasteiger partial charge in [0.1, 0.15) is 0 Å². The van der Waals surface area contributed by atoms with Gasteiger partial charge >= 0.3 is 0 Å². The first kappa shape index (κ1) is 33.2. The molecule has 0 aromatic heterocycles. The van der Waals surface area contributed by atoms with Crippen molar-refractivity contribution in [3.63, 3.8) is 0 Å². The van der Waals surface area contributed by atoms with Gasteiger partial charge in [-0.1, -0.05) is 96.1 Å². The summed E-state index contributed by atoms with van der Waals surface area (Å²) < 4.78 is 30.4. The molecule has 1 aromatic carbocycles. The number of benzene rings is 1. The third-order valence-corrected chi connectivity index (χ3v) is 14.2. The van der Waals surface area contributed by atoms with Gasteiger partial charge in [-0.05, 0) is 123 Å². The van der Waals surface area contributed by atoms with Gasteiger partial charge in [0.2, 0.25) is 0 Å². The zero-order valence-corrected chi connectivity index (χ0v) is 28.4. The zero-order chi connectivity index (χ0) is 30.7. The van der Waals surface area contributed by atoms with E-state index < -0.39 is 10.1 Å². The van der Waals surface area contributed by atoms with Crippen LogP contribution in [0.15, 0.2) is 46.9 Å². The van der Waals surface area contributed by atoms with Crippen LogP contribution in [0.1, 0.15) is 130 Å². The Morgan fingerprint density at radius 2 is 1.74 bits per heavy atom. The van der Waals surface area contributed by atoms with Gasteiger partial charge in [0.15, 0.2) is 0 Å². The fourth-order valence-corrected chi connectivity index (χ4v) is 11.7. The van der Waals surface area contributed by atoms with E-state index >= 15 is 0 Å². The monoisotopic (exact) mass is 612 g/mol. The summed E-state index contributed by atoms with van der Waals surface area (Å²) in [5.74, 6) is 4.20. The lowest BCUT2D eigenvalue weighted by atomic mass is 9.45. The van der Waals surface area contributed by atoms with E-state index in [0.717, 1.165) is 49.4 Å². The Bertz CT molecular complexity index is 1180. The van der Waals surface area contributed by atoms with E-state index in [4.69, 9.17) is 4.18 Å². The predicted molar refractivity (Wildman–Crippen MR) is 176 cm³/mol. The maximum absolute atomic E-state index is 12.5. The average Bonchev–Trinajstić information content (AvgIpc) is 3.36. The minimum absolute atomic E-state index is 0.125. The minimum atomic E-state index is -3.68. The number of unbranched alkanes of at least 4 members (excludes halogenated alkanes) is 3. The smallest absolute Gasteiger partial charge is 0.296 e. The highest BCUT2D eigenvalue weighted by Gasteiger charge is 2.59. The van der Waals surface area contributed by atoms with Crippen LogP contribution < -0.4 is 0 Å². The zero-order valence-electron chi connectivity index (χ0n) is 27.6. The molecule has 1 N–H and O–H groups in total. The minimum Gasteiger partial charge on any atom is -0.393 e. The lowest BCUT2D eigenvalue weighted by molar-refractivity contribution is -0.0666. The Morgan fingerprint density at radius 1 is 0.953 bits per heavy atom. The fourth-order valence-electron chi connectivity index (χ4n) is 10.7. The summed E-state index contributed by atoms with van der Waals surface area (Å²) in [7, 11) is -3.68. The molecule has 0 aliphatic heterocycles. The number of rotatable bonds is 14. The van der Waals surface area contributed by atoms with Crippen LogP contribution in [0.4, 0.5) is 0 Å². The number of aliphatic hydroxyl groups excluding tert-OH is 1. The van der Waals surface area contributed by atoms with Crippen molar-refractivity contribution in [2.24, 2.45) is 46.3 Å². The van der Waals surface area contributed by atoms with E-state index in [1.165, 1.54) is 77.0 Å². The lowest BCUT2D eigenvalue weighted by Crippen LogP contribution is -2.51. The predicted octanol–water partition coefficient (Wildman–Crippen LogP) is 9.72. The molecule has 1 aromatic rings. The Kier molecular flexibility index (Phi) is 10.9. The van der Waals surface area contributed by atoms with Crippen LogP contribution in [0.3, 0.4) is 0 Å². The van der Waals surface area contributed by atoms with Crippen LogP contribution in [0.5, 0.6) is 0 Å². The second kappa shape index (κ2) is 14.1. The molecular formula is C38H60O4S. The van der Waals surface area contributed by atoms with Crippen molar-refractivity contribution in [2.75, 3.05) is 6.61 Å². The third kappa shape index (κ3) is 6.99. The van der Waals surface area contributed by atoms with Gasteiger partial charge in [0.25, 0.3) is 10.1 Å². The molecule has 43 heavy (non-hydrogen) atoms. The average molecular weight is 613 g/mol. The van der Waals surface area contributed by atoms with E-state index in [-0.39, 0.29) is 23.5 Å². The van der Waals surface area contributed by atoms with Crippen molar-refractivity contribution in [3.8, 4) is 0 Å². The quantitative estimate of drug-likeness (QED) is 0.129. The largest absolute Gasteiger partial charge is 0.393 e. The third-order valence-electron chi connectivity index (χ3n) is 12.9. The highest BCUT2D eigenvalue weighted by atomic mass is 32.2. The second-order valence-corrected chi connectivity index (χ2v) is 17.1. The molecule has 9 atom stereocenters. The highest BCUT2D eigenvalue weighted by molar-refractivity contribution is 7.86. The number of allylic oxidation sites excluding steroid dienone is 1. The van der Waals surface area contributed by atoms with Crippen LogP contribution in [-0.4, -0.2) is 26.2 Å². The molecule has 5 rings (SSSR count). The van der Waals surface area contributed by atoms with Crippen LogP contribution in [0.2, 0.25) is 0 Å². The highest BCUT2D eigenvalue weighted by Crippen LogP contribution is 2.68. The van der Waals surface area contributed by atoms with Gasteiger partial charge < -0.3 is 5.11 Å². The molecule has 3 fully saturated rings. The number of aliphatic hydroxyl groups is 1. The lowest BCUT2D eigenvalue weighted by Gasteiger charge is -2.59. The van der Waals surface area contributed by atoms with Crippen molar-refractivity contribution in [3.05, 3.63) is 42.0 Å². The Hall–Kier alpha value is -1.17. The van der Waals surface area contributed by atoms with E-state index in [0.29, 0.717) is 16.7 Å². The van der Waals surface area contributed by atoms with Gasteiger partial charge in [0, 0.05) is 0 Å². The van der Waals surface area contributed by atoms with Gasteiger partial charge in [-0.25, -0.2) is 0 Å². The Morgan fingerprint density at radius 3 is 2.51 bits per heavy atom. The number of hydrogen-bond acceptors (Lipinski definition) is 4. The molecule has 0 saturated heterocycles. The Labute approximate surface area is 263 Å². The molecule has 0 spiro atoms. The van der Waals surface area contributed by atoms with Gasteiger partial charge in [0.05, 0.1) is 17.6 Å². The summed E-state index contributed by atoms with van der Waals surface area (Å²) in [6.45, 7) is 9.84. The summed E-state index contributed by atoms with van der Waals surface area (Å²) in [4.78, 5) is 0.239. The molecule has 0 bridgehead atoms. The first-order valence-corrected chi connectivity index (χ1v) is 19.3. The van der Waals surface area contributed by atoms with Crippen molar-refractivity contribution in [2.45, 2.75) is 141 Å². The molecule has 0 heterocycles. The molecule has 242 valence electrons. The molecule has 5 heteroatoms. The normalized spacial score (nSPS) is 35.4. The van der Waals surface area contributed by atoms with Crippen molar-refractivity contribution in [1.82, 2.24) is 0 Å². The summed E-state index contributed by atoms with van der Waals surface area (Å²) in [5, 5.41) is 10.6. The standard InChI is InChI=1S/C38H60O4S/c1-5-6-7-11-23-38-25-21-31(39)26-30(38)17-18-33-35-20-19-34(37(35,4)24-22-36(33)38)29(3)14-12-13-28(2)27-42-43(40,41)32-15-9-8-10-16-32/h8-10,15-17,28-29,31,33-36,39H,5-7,11-14,18-27H2,1-4H3/t28?,29-,31+,33+,34-,35+,36+,37-,38+/m1/s1. The van der Waals surface area contributed by atoms with Crippen molar-refractivity contribution in [1.29, 1.82) is 0 Å². The van der Waals surface area contributed by atoms with Crippen LogP contribution in [0, 0.1) is 46.3 Å². The fraction of sp³-hybridized carbons (Fsp3) is 0.789. The number of fused-ring (bicyclic) bond motifs is 5. The van der Waals surface area contributed by atoms with E-state index in [1.807, 2.05) is 6.07 Å². The molecule has 1 unspecified atom stereocenters. The molecule has 4 nitrogen and oxygen atoms in total. The summed E-state index contributed by atoms with van der Waals surface area (Å²) in [6.07, 6.45) is 22.5. The summed E-state index contributed by atoms with van der Waals surface area (Å²) in [6, 6.07) is 8.48. The van der Waals surface area contributed by atoms with Crippen molar-refractivity contribution < 1.29 is 17.7 Å². The molecule has 0 amide bonds. The second-order valence-electron chi connectivity index (χ2n) is 15.5. The first-order chi connectivity index (χ1) is 20.6. The van der Waals surface area contributed by atoms with Crippen LogP contribution >= 0.6 is 0 Å². The SMILES string of the molecule is CCCCCC[C@]12CC[C@H](O)CC1=CC[C@@H]1[C@@H]2CC[C@]2(C)[C@@H]([C@H](C)CCCC(C)COS(=O)(=O)c3ccccc3)CC[C@@H]12. The molecule has 3 saturated carbocycles. The molecule has 4 aliphatic carbocycles. The van der Waals surface area contributed by atoms with E-state index in [9.17, 15) is 13.5 Å². The molecule has 4 aliphatic rings. The van der Waals surface area contributed by atoms with Gasteiger partial charge in [-0.3, -0.25) is 4.18 Å². The van der Waals surface area contributed by atoms with E-state index in [2.05, 4.69) is 33.8 Å². The maximum atomic E-state index is 12.5. The number of hydrogen-bond donors (Lipinski definition) is 1. The first-order valence-electron chi connectivity index (χ1n) is 17.9.